The largest absolute Gasteiger partial charge is 0.480 e. The van der Waals surface area contributed by atoms with Crippen molar-refractivity contribution in [3.63, 3.8) is 0 Å². The molecule has 0 bridgehead atoms. The number of carbonyl (C=O) groups excluding carboxylic acids is 1. The maximum atomic E-state index is 12.1. The van der Waals surface area contributed by atoms with Crippen LogP contribution in [0.4, 0.5) is 4.79 Å². The van der Waals surface area contributed by atoms with Crippen molar-refractivity contribution in [1.82, 2.24) is 4.90 Å². The molecule has 5 nitrogen and oxygen atoms in total. The molecule has 2 unspecified atom stereocenters. The number of rotatable bonds is 3. The van der Waals surface area contributed by atoms with Gasteiger partial charge in [-0.05, 0) is 40.0 Å². The van der Waals surface area contributed by atoms with E-state index in [1.165, 1.54) is 4.90 Å². The zero-order valence-electron chi connectivity index (χ0n) is 11.2. The number of carboxylic acid groups (broad SMARTS) is 1. The van der Waals surface area contributed by atoms with Gasteiger partial charge in [-0.2, -0.15) is 0 Å². The predicted molar refractivity (Wildman–Crippen MR) is 67.3 cm³/mol. The molecule has 1 amide bonds. The van der Waals surface area contributed by atoms with Crippen molar-refractivity contribution in [2.45, 2.75) is 57.7 Å². The molecule has 0 radical (unpaired) electrons. The first-order valence-electron chi connectivity index (χ1n) is 6.11. The van der Waals surface area contributed by atoms with Gasteiger partial charge in [-0.15, -0.1) is 6.58 Å². The van der Waals surface area contributed by atoms with Crippen LogP contribution in [0.5, 0.6) is 0 Å². The highest BCUT2D eigenvalue weighted by molar-refractivity contribution is 5.81. The molecule has 1 rings (SSSR count). The van der Waals surface area contributed by atoms with Gasteiger partial charge in [0, 0.05) is 6.04 Å². The van der Waals surface area contributed by atoms with Crippen LogP contribution in [0, 0.1) is 0 Å². The van der Waals surface area contributed by atoms with E-state index in [4.69, 9.17) is 9.84 Å². The lowest BCUT2D eigenvalue weighted by atomic mass is 10.1. The molecule has 0 aromatic carbocycles. The third-order valence-electron chi connectivity index (χ3n) is 2.83. The van der Waals surface area contributed by atoms with Crippen molar-refractivity contribution in [2.75, 3.05) is 0 Å². The van der Waals surface area contributed by atoms with Crippen molar-refractivity contribution in [3.05, 3.63) is 12.7 Å². The van der Waals surface area contributed by atoms with E-state index in [1.54, 1.807) is 26.8 Å². The summed E-state index contributed by atoms with van der Waals surface area (Å²) >= 11 is 0. The van der Waals surface area contributed by atoms with Crippen molar-refractivity contribution in [3.8, 4) is 0 Å². The van der Waals surface area contributed by atoms with Crippen molar-refractivity contribution < 1.29 is 19.4 Å². The Kier molecular flexibility index (Phi) is 4.38. The van der Waals surface area contributed by atoms with Gasteiger partial charge in [-0.1, -0.05) is 6.08 Å². The maximum absolute atomic E-state index is 12.1. The average Bonchev–Trinajstić information content (AvgIpc) is 2.59. The monoisotopic (exact) mass is 255 g/mol. The zero-order valence-corrected chi connectivity index (χ0v) is 11.2. The lowest BCUT2D eigenvalue weighted by Crippen LogP contribution is -2.47. The topological polar surface area (TPSA) is 66.8 Å². The summed E-state index contributed by atoms with van der Waals surface area (Å²) in [6, 6.07) is -0.914. The Bertz CT molecular complexity index is 345. The first kappa shape index (κ1) is 14.5. The number of nitrogens with zero attached hydrogens (tertiary/aromatic N) is 1. The molecule has 1 heterocycles. The van der Waals surface area contributed by atoms with Crippen molar-refractivity contribution in [2.24, 2.45) is 0 Å². The van der Waals surface area contributed by atoms with Gasteiger partial charge < -0.3 is 9.84 Å². The molecule has 5 heteroatoms. The summed E-state index contributed by atoms with van der Waals surface area (Å²) in [5, 5.41) is 9.14. The van der Waals surface area contributed by atoms with Crippen LogP contribution in [0.15, 0.2) is 12.7 Å². The second kappa shape index (κ2) is 5.42. The molecular formula is C13H21NO4. The molecule has 1 fully saturated rings. The van der Waals surface area contributed by atoms with Crippen LogP contribution in [0.3, 0.4) is 0 Å². The SMILES string of the molecule is C=CCC1CCC(C(=O)O)N1C(=O)OC(C)(C)C. The fraction of sp³-hybridized carbons (Fsp3) is 0.692. The molecule has 102 valence electrons. The predicted octanol–water partition coefficient (Wildman–Crippen LogP) is 2.42. The number of likely N-dealkylation sites (tertiary alicyclic amines) is 1. The van der Waals surface area contributed by atoms with Gasteiger partial charge in [0.15, 0.2) is 0 Å². The molecule has 2 atom stereocenters. The second-order valence-corrected chi connectivity index (χ2v) is 5.50. The Labute approximate surface area is 107 Å². The maximum Gasteiger partial charge on any atom is 0.411 e. The van der Waals surface area contributed by atoms with Gasteiger partial charge in [-0.25, -0.2) is 9.59 Å². The minimum Gasteiger partial charge on any atom is -0.480 e. The van der Waals surface area contributed by atoms with Crippen LogP contribution in [0.25, 0.3) is 0 Å². The average molecular weight is 255 g/mol. The van der Waals surface area contributed by atoms with Crippen LogP contribution in [0.2, 0.25) is 0 Å². The normalized spacial score (nSPS) is 23.8. The van der Waals surface area contributed by atoms with Gasteiger partial charge in [0.25, 0.3) is 0 Å². The first-order chi connectivity index (χ1) is 8.26. The fourth-order valence-electron chi connectivity index (χ4n) is 2.14. The summed E-state index contributed by atoms with van der Waals surface area (Å²) in [5.41, 5.74) is -0.624. The Balaban J connectivity index is 2.85. The highest BCUT2D eigenvalue weighted by atomic mass is 16.6. The summed E-state index contributed by atoms with van der Waals surface area (Å²) in [5.74, 6) is -0.979. The van der Waals surface area contributed by atoms with Crippen LogP contribution < -0.4 is 0 Å². The van der Waals surface area contributed by atoms with Crippen molar-refractivity contribution in [1.29, 1.82) is 0 Å². The highest BCUT2D eigenvalue weighted by Gasteiger charge is 2.42. The van der Waals surface area contributed by atoms with E-state index in [-0.39, 0.29) is 6.04 Å². The number of ether oxygens (including phenoxy) is 1. The standard InChI is InChI=1S/C13H21NO4/c1-5-6-9-7-8-10(11(15)16)14(9)12(17)18-13(2,3)4/h5,9-10H,1,6-8H2,2-4H3,(H,15,16). The third-order valence-corrected chi connectivity index (χ3v) is 2.83. The van der Waals surface area contributed by atoms with E-state index >= 15 is 0 Å². The number of aliphatic carboxylic acids is 1. The van der Waals surface area contributed by atoms with Gasteiger partial charge >= 0.3 is 12.1 Å². The lowest BCUT2D eigenvalue weighted by molar-refractivity contribution is -0.142. The molecule has 1 saturated heterocycles. The van der Waals surface area contributed by atoms with E-state index in [2.05, 4.69) is 6.58 Å². The Morgan fingerprint density at radius 3 is 2.50 bits per heavy atom. The van der Waals surface area contributed by atoms with E-state index in [0.29, 0.717) is 19.3 Å². The fourth-order valence-corrected chi connectivity index (χ4v) is 2.14. The second-order valence-electron chi connectivity index (χ2n) is 5.50. The van der Waals surface area contributed by atoms with Crippen LogP contribution in [0.1, 0.15) is 40.0 Å². The van der Waals surface area contributed by atoms with E-state index in [9.17, 15) is 9.59 Å². The van der Waals surface area contributed by atoms with Gasteiger partial charge in [0.05, 0.1) is 0 Å². The van der Waals surface area contributed by atoms with Crippen LogP contribution in [-0.4, -0.2) is 39.8 Å². The molecule has 0 aliphatic carbocycles. The number of carboxylic acids is 1. The number of hydrogen-bond acceptors (Lipinski definition) is 3. The molecule has 1 aliphatic heterocycles. The quantitative estimate of drug-likeness (QED) is 0.786. The Morgan fingerprint density at radius 2 is 2.06 bits per heavy atom. The highest BCUT2D eigenvalue weighted by Crippen LogP contribution is 2.28. The van der Waals surface area contributed by atoms with E-state index in [1.807, 2.05) is 0 Å². The van der Waals surface area contributed by atoms with Crippen LogP contribution in [-0.2, 0) is 9.53 Å². The van der Waals surface area contributed by atoms with E-state index < -0.39 is 23.7 Å². The van der Waals surface area contributed by atoms with E-state index in [0.717, 1.165) is 0 Å². The summed E-state index contributed by atoms with van der Waals surface area (Å²) < 4.78 is 5.27. The van der Waals surface area contributed by atoms with Gasteiger partial charge in [0.1, 0.15) is 11.6 Å². The molecule has 0 saturated carbocycles. The summed E-state index contributed by atoms with van der Waals surface area (Å²) in [7, 11) is 0. The Hall–Kier alpha value is -1.52. The van der Waals surface area contributed by atoms with Gasteiger partial charge in [0.2, 0.25) is 0 Å². The van der Waals surface area contributed by atoms with Crippen LogP contribution >= 0.6 is 0 Å². The molecule has 0 aromatic rings. The number of hydrogen-bond donors (Lipinski definition) is 1. The lowest BCUT2D eigenvalue weighted by Gasteiger charge is -2.30. The molecule has 1 aliphatic rings. The number of amides is 1. The zero-order chi connectivity index (χ0) is 13.9. The first-order valence-corrected chi connectivity index (χ1v) is 6.11. The molecular weight excluding hydrogens is 234 g/mol. The molecule has 0 aromatic heterocycles. The van der Waals surface area contributed by atoms with Crippen molar-refractivity contribution >= 4 is 12.1 Å². The van der Waals surface area contributed by atoms with Gasteiger partial charge in [-0.3, -0.25) is 4.90 Å². The molecule has 18 heavy (non-hydrogen) atoms. The summed E-state index contributed by atoms with van der Waals surface area (Å²) in [6.45, 7) is 8.93. The molecule has 1 N–H and O–H groups in total. The molecule has 0 spiro atoms. The number of carbonyl (C=O) groups is 2. The summed E-state index contributed by atoms with van der Waals surface area (Å²) in [6.07, 6.45) is 2.86. The smallest absolute Gasteiger partial charge is 0.411 e. The third kappa shape index (κ3) is 3.48. The Morgan fingerprint density at radius 1 is 1.44 bits per heavy atom. The minimum atomic E-state index is -0.979. The minimum absolute atomic E-state index is 0.126. The summed E-state index contributed by atoms with van der Waals surface area (Å²) in [4.78, 5) is 24.6.